The van der Waals surface area contributed by atoms with Crippen LogP contribution in [0, 0.1) is 5.82 Å². The molecule has 4 heteroatoms. The Balaban J connectivity index is 1.89. The van der Waals surface area contributed by atoms with Gasteiger partial charge in [0, 0.05) is 17.8 Å². The Labute approximate surface area is 119 Å². The molecular weight excluding hydrogens is 255 g/mol. The fourth-order valence-electron chi connectivity index (χ4n) is 2.28. The average molecular weight is 276 g/mol. The van der Waals surface area contributed by atoms with Crippen LogP contribution in [-0.2, 0) is 6.61 Å². The molecule has 1 heterocycles. The molecule has 20 heavy (non-hydrogen) atoms. The lowest BCUT2D eigenvalue weighted by molar-refractivity contribution is 0.281. The molecule has 2 aromatic rings. The number of rotatable bonds is 6. The summed E-state index contributed by atoms with van der Waals surface area (Å²) in [6, 6.07) is 7.01. The molecule has 0 aliphatic rings. The zero-order valence-electron chi connectivity index (χ0n) is 12.0. The Morgan fingerprint density at radius 2 is 1.90 bits per heavy atom. The third kappa shape index (κ3) is 3.67. The van der Waals surface area contributed by atoms with Crippen LogP contribution in [0.3, 0.4) is 0 Å². The van der Waals surface area contributed by atoms with Crippen molar-refractivity contribution in [3.05, 3.63) is 53.6 Å². The molecule has 2 rings (SSSR count). The molecule has 1 aromatic carbocycles. The topological polar surface area (TPSA) is 38.0 Å². The van der Waals surface area contributed by atoms with Gasteiger partial charge in [0.2, 0.25) is 0 Å². The second-order valence-electron chi connectivity index (χ2n) is 5.37. The average Bonchev–Trinajstić information content (AvgIpc) is 2.94. The van der Waals surface area contributed by atoms with Gasteiger partial charge in [-0.25, -0.2) is 4.39 Å². The van der Waals surface area contributed by atoms with Gasteiger partial charge < -0.3 is 5.11 Å². The highest BCUT2D eigenvalue weighted by atomic mass is 19.1. The van der Waals surface area contributed by atoms with Crippen molar-refractivity contribution in [1.82, 2.24) is 9.78 Å². The molecule has 0 amide bonds. The van der Waals surface area contributed by atoms with Crippen LogP contribution >= 0.6 is 0 Å². The largest absolute Gasteiger partial charge is 0.392 e. The number of hydrogen-bond donors (Lipinski definition) is 1. The summed E-state index contributed by atoms with van der Waals surface area (Å²) in [5.41, 5.74) is 2.00. The Bertz CT molecular complexity index is 536. The van der Waals surface area contributed by atoms with Gasteiger partial charge in [-0.05, 0) is 43.4 Å². The normalized spacial score (nSPS) is 14.2. The fraction of sp³-hybridized carbons (Fsp3) is 0.438. The maximum Gasteiger partial charge on any atom is 0.123 e. The highest BCUT2D eigenvalue weighted by Gasteiger charge is 2.11. The molecule has 0 fully saturated rings. The first-order valence-electron chi connectivity index (χ1n) is 6.99. The molecule has 0 aliphatic heterocycles. The fourth-order valence-corrected chi connectivity index (χ4v) is 2.28. The quantitative estimate of drug-likeness (QED) is 0.874. The molecule has 0 spiro atoms. The molecule has 1 N–H and O–H groups in total. The van der Waals surface area contributed by atoms with E-state index in [1.807, 2.05) is 23.0 Å². The summed E-state index contributed by atoms with van der Waals surface area (Å²) < 4.78 is 14.8. The molecule has 0 bridgehead atoms. The summed E-state index contributed by atoms with van der Waals surface area (Å²) in [5, 5.41) is 13.3. The van der Waals surface area contributed by atoms with Crippen molar-refractivity contribution in [2.24, 2.45) is 0 Å². The van der Waals surface area contributed by atoms with E-state index in [0.29, 0.717) is 5.92 Å². The highest BCUT2D eigenvalue weighted by Crippen LogP contribution is 2.24. The zero-order valence-corrected chi connectivity index (χ0v) is 12.0. The SMILES string of the molecule is CC(CCC(C)n1cc(CO)cn1)c1ccc(F)cc1. The first kappa shape index (κ1) is 14.7. The van der Waals surface area contributed by atoms with Gasteiger partial charge in [-0.1, -0.05) is 19.1 Å². The monoisotopic (exact) mass is 276 g/mol. The zero-order chi connectivity index (χ0) is 14.5. The van der Waals surface area contributed by atoms with Gasteiger partial charge in [-0.2, -0.15) is 5.10 Å². The van der Waals surface area contributed by atoms with Gasteiger partial charge in [0.05, 0.1) is 12.8 Å². The number of nitrogens with zero attached hydrogens (tertiary/aromatic N) is 2. The maximum absolute atomic E-state index is 12.9. The number of aliphatic hydroxyl groups is 1. The summed E-state index contributed by atoms with van der Waals surface area (Å²) in [6.07, 6.45) is 5.58. The first-order chi connectivity index (χ1) is 9.60. The molecule has 3 nitrogen and oxygen atoms in total. The number of benzene rings is 1. The standard InChI is InChI=1S/C16H21FN2O/c1-12(15-5-7-16(17)8-6-15)3-4-13(2)19-10-14(11-20)9-18-19/h5-10,12-13,20H,3-4,11H2,1-2H3. The van der Waals surface area contributed by atoms with Gasteiger partial charge in [0.15, 0.2) is 0 Å². The van der Waals surface area contributed by atoms with Crippen LogP contribution in [0.5, 0.6) is 0 Å². The van der Waals surface area contributed by atoms with Crippen molar-refractivity contribution in [1.29, 1.82) is 0 Å². The van der Waals surface area contributed by atoms with Crippen molar-refractivity contribution >= 4 is 0 Å². The van der Waals surface area contributed by atoms with Crippen LogP contribution in [0.1, 0.15) is 49.8 Å². The molecule has 2 atom stereocenters. The molecule has 0 saturated carbocycles. The van der Waals surface area contributed by atoms with Gasteiger partial charge in [-0.3, -0.25) is 4.68 Å². The Morgan fingerprint density at radius 1 is 1.20 bits per heavy atom. The van der Waals surface area contributed by atoms with E-state index in [1.54, 1.807) is 6.20 Å². The lowest BCUT2D eigenvalue weighted by Crippen LogP contribution is -2.07. The van der Waals surface area contributed by atoms with E-state index in [4.69, 9.17) is 5.11 Å². The second-order valence-corrected chi connectivity index (χ2v) is 5.37. The third-order valence-electron chi connectivity index (χ3n) is 3.75. The predicted octanol–water partition coefficient (Wildman–Crippen LogP) is 3.66. The number of aromatic nitrogens is 2. The molecule has 108 valence electrons. The summed E-state index contributed by atoms with van der Waals surface area (Å²) in [5.74, 6) is 0.202. The lowest BCUT2D eigenvalue weighted by atomic mass is 9.94. The van der Waals surface area contributed by atoms with E-state index in [1.165, 1.54) is 12.1 Å². The summed E-state index contributed by atoms with van der Waals surface area (Å²) in [7, 11) is 0. The van der Waals surface area contributed by atoms with Gasteiger partial charge in [-0.15, -0.1) is 0 Å². The van der Waals surface area contributed by atoms with Crippen molar-refractivity contribution in [3.8, 4) is 0 Å². The Morgan fingerprint density at radius 3 is 2.50 bits per heavy atom. The van der Waals surface area contributed by atoms with E-state index in [-0.39, 0.29) is 18.5 Å². The number of aliphatic hydroxyl groups excluding tert-OH is 1. The van der Waals surface area contributed by atoms with Gasteiger partial charge in [0.25, 0.3) is 0 Å². The van der Waals surface area contributed by atoms with E-state index < -0.39 is 0 Å². The predicted molar refractivity (Wildman–Crippen MR) is 76.9 cm³/mol. The lowest BCUT2D eigenvalue weighted by Gasteiger charge is -2.16. The third-order valence-corrected chi connectivity index (χ3v) is 3.75. The minimum Gasteiger partial charge on any atom is -0.392 e. The van der Waals surface area contributed by atoms with Crippen LogP contribution in [-0.4, -0.2) is 14.9 Å². The van der Waals surface area contributed by atoms with Crippen molar-refractivity contribution in [3.63, 3.8) is 0 Å². The van der Waals surface area contributed by atoms with Gasteiger partial charge >= 0.3 is 0 Å². The van der Waals surface area contributed by atoms with Crippen LogP contribution < -0.4 is 0 Å². The minimum atomic E-state index is -0.192. The van der Waals surface area contributed by atoms with E-state index in [9.17, 15) is 4.39 Å². The number of hydrogen-bond acceptors (Lipinski definition) is 2. The smallest absolute Gasteiger partial charge is 0.123 e. The summed E-state index contributed by atoms with van der Waals surface area (Å²) in [4.78, 5) is 0. The van der Waals surface area contributed by atoms with Crippen molar-refractivity contribution < 1.29 is 9.50 Å². The van der Waals surface area contributed by atoms with Crippen molar-refractivity contribution in [2.45, 2.75) is 45.3 Å². The molecular formula is C16H21FN2O. The molecule has 0 aliphatic carbocycles. The summed E-state index contributed by atoms with van der Waals surface area (Å²) >= 11 is 0. The van der Waals surface area contributed by atoms with Crippen LogP contribution in [0.2, 0.25) is 0 Å². The minimum absolute atomic E-state index is 0.0265. The second kappa shape index (κ2) is 6.66. The maximum atomic E-state index is 12.9. The summed E-state index contributed by atoms with van der Waals surface area (Å²) in [6.45, 7) is 4.30. The number of halogens is 1. The first-order valence-corrected chi connectivity index (χ1v) is 6.99. The highest BCUT2D eigenvalue weighted by molar-refractivity contribution is 5.19. The van der Waals surface area contributed by atoms with Crippen molar-refractivity contribution in [2.75, 3.05) is 0 Å². The van der Waals surface area contributed by atoms with E-state index >= 15 is 0 Å². The van der Waals surface area contributed by atoms with Gasteiger partial charge in [0.1, 0.15) is 5.82 Å². The molecule has 0 saturated heterocycles. The molecule has 2 unspecified atom stereocenters. The Kier molecular flexibility index (Phi) is 4.90. The molecule has 1 aromatic heterocycles. The van der Waals surface area contributed by atoms with Crippen LogP contribution in [0.15, 0.2) is 36.7 Å². The van der Waals surface area contributed by atoms with E-state index in [0.717, 1.165) is 24.0 Å². The van der Waals surface area contributed by atoms with Crippen LogP contribution in [0.25, 0.3) is 0 Å². The van der Waals surface area contributed by atoms with Crippen LogP contribution in [0.4, 0.5) is 4.39 Å². The van der Waals surface area contributed by atoms with E-state index in [2.05, 4.69) is 18.9 Å². The Hall–Kier alpha value is -1.68. The molecule has 0 radical (unpaired) electrons.